The minimum absolute atomic E-state index is 0.217. The van der Waals surface area contributed by atoms with Gasteiger partial charge in [-0.25, -0.2) is 0 Å². The van der Waals surface area contributed by atoms with Crippen LogP contribution in [0.2, 0.25) is 0 Å². The fraction of sp³-hybridized carbons (Fsp3) is 0.818. The summed E-state index contributed by atoms with van der Waals surface area (Å²) in [5.74, 6) is 0. The van der Waals surface area contributed by atoms with Crippen LogP contribution in [0, 0.1) is 5.41 Å². The number of aryl methyl sites for hydroxylation is 2. The molecule has 1 heterocycles. The Morgan fingerprint density at radius 2 is 2.13 bits per heavy atom. The summed E-state index contributed by atoms with van der Waals surface area (Å²) >= 11 is 0. The third-order valence-electron chi connectivity index (χ3n) is 2.27. The molecule has 4 heteroatoms. The van der Waals surface area contributed by atoms with Crippen molar-refractivity contribution >= 4 is 0 Å². The molecule has 0 radical (unpaired) electrons. The fourth-order valence-corrected chi connectivity index (χ4v) is 1.27. The summed E-state index contributed by atoms with van der Waals surface area (Å²) in [5.41, 5.74) is 1.30. The van der Waals surface area contributed by atoms with E-state index in [1.165, 1.54) is 0 Å². The van der Waals surface area contributed by atoms with E-state index in [4.69, 9.17) is 5.11 Å². The van der Waals surface area contributed by atoms with Crippen molar-refractivity contribution in [2.24, 2.45) is 5.41 Å². The predicted octanol–water partition coefficient (Wildman–Crippen LogP) is 1.64. The van der Waals surface area contributed by atoms with Gasteiger partial charge in [0.25, 0.3) is 0 Å². The molecule has 1 aromatic rings. The Hall–Kier alpha value is -0.900. The van der Waals surface area contributed by atoms with E-state index in [9.17, 15) is 0 Å². The van der Waals surface area contributed by atoms with Crippen molar-refractivity contribution in [3.8, 4) is 0 Å². The molecule has 15 heavy (non-hydrogen) atoms. The molecule has 0 atom stereocenters. The molecule has 0 amide bonds. The third-order valence-corrected chi connectivity index (χ3v) is 2.27. The number of nitrogens with zero attached hydrogens (tertiary/aromatic N) is 3. The summed E-state index contributed by atoms with van der Waals surface area (Å²) in [6.07, 6.45) is 4.64. The van der Waals surface area contributed by atoms with Crippen LogP contribution in [0.3, 0.4) is 0 Å². The molecule has 1 N–H and O–H groups in total. The van der Waals surface area contributed by atoms with Gasteiger partial charge in [-0.15, -0.1) is 5.10 Å². The van der Waals surface area contributed by atoms with Crippen LogP contribution in [0.15, 0.2) is 6.20 Å². The molecule has 0 saturated carbocycles. The van der Waals surface area contributed by atoms with Crippen LogP contribution in [-0.4, -0.2) is 26.7 Å². The molecular formula is C11H21N3O. The molecule has 0 bridgehead atoms. The van der Waals surface area contributed by atoms with Crippen molar-refractivity contribution < 1.29 is 5.11 Å². The van der Waals surface area contributed by atoms with Crippen molar-refractivity contribution in [2.75, 3.05) is 6.61 Å². The van der Waals surface area contributed by atoms with Crippen LogP contribution in [0.25, 0.3) is 0 Å². The lowest BCUT2D eigenvalue weighted by molar-refractivity contribution is 0.288. The molecule has 0 spiro atoms. The Kier molecular flexibility index (Phi) is 4.27. The quantitative estimate of drug-likeness (QED) is 0.805. The summed E-state index contributed by atoms with van der Waals surface area (Å²) in [6.45, 7) is 7.79. The van der Waals surface area contributed by atoms with Crippen molar-refractivity contribution in [3.63, 3.8) is 0 Å². The van der Waals surface area contributed by atoms with E-state index >= 15 is 0 Å². The van der Waals surface area contributed by atoms with Crippen LogP contribution >= 0.6 is 0 Å². The van der Waals surface area contributed by atoms with Crippen LogP contribution in [0.4, 0.5) is 0 Å². The van der Waals surface area contributed by atoms with Crippen LogP contribution in [0.1, 0.15) is 39.3 Å². The first-order valence-electron chi connectivity index (χ1n) is 5.51. The fourth-order valence-electron chi connectivity index (χ4n) is 1.27. The van der Waals surface area contributed by atoms with Crippen molar-refractivity contribution in [1.82, 2.24) is 15.0 Å². The zero-order chi connectivity index (χ0) is 11.3. The SMILES string of the molecule is CC(C)(C)CCn1cc(CCCO)nn1. The topological polar surface area (TPSA) is 50.9 Å². The van der Waals surface area contributed by atoms with Gasteiger partial charge in [-0.3, -0.25) is 4.68 Å². The Bertz CT molecular complexity index is 288. The Labute approximate surface area is 91.3 Å². The van der Waals surface area contributed by atoms with Crippen molar-refractivity contribution in [2.45, 2.75) is 46.6 Å². The molecular weight excluding hydrogens is 190 g/mol. The first-order chi connectivity index (χ1) is 7.01. The number of hydrogen-bond donors (Lipinski definition) is 1. The van der Waals surface area contributed by atoms with E-state index in [0.29, 0.717) is 5.41 Å². The van der Waals surface area contributed by atoms with E-state index < -0.39 is 0 Å². The van der Waals surface area contributed by atoms with Crippen molar-refractivity contribution in [1.29, 1.82) is 0 Å². The molecule has 0 aliphatic carbocycles. The second-order valence-electron chi connectivity index (χ2n) is 5.11. The molecule has 4 nitrogen and oxygen atoms in total. The number of rotatable bonds is 5. The Balaban J connectivity index is 2.39. The molecule has 0 fully saturated rings. The molecule has 0 unspecified atom stereocenters. The average molecular weight is 211 g/mol. The first-order valence-corrected chi connectivity index (χ1v) is 5.51. The average Bonchev–Trinajstić information content (AvgIpc) is 2.58. The van der Waals surface area contributed by atoms with Gasteiger partial charge >= 0.3 is 0 Å². The zero-order valence-electron chi connectivity index (χ0n) is 9.90. The monoisotopic (exact) mass is 211 g/mol. The van der Waals surface area contributed by atoms with Gasteiger partial charge in [0.15, 0.2) is 0 Å². The summed E-state index contributed by atoms with van der Waals surface area (Å²) < 4.78 is 1.89. The number of aliphatic hydroxyl groups excluding tert-OH is 1. The standard InChI is InChI=1S/C11H21N3O/c1-11(2,3)6-7-14-9-10(12-13-14)5-4-8-15/h9,15H,4-8H2,1-3H3. The van der Waals surface area contributed by atoms with Crippen LogP contribution < -0.4 is 0 Å². The maximum absolute atomic E-state index is 8.69. The molecule has 86 valence electrons. The third kappa shape index (κ3) is 4.93. The molecule has 1 aromatic heterocycles. The summed E-state index contributed by atoms with van der Waals surface area (Å²) in [6, 6.07) is 0. The van der Waals surface area contributed by atoms with Gasteiger partial charge in [0.05, 0.1) is 5.69 Å². The zero-order valence-corrected chi connectivity index (χ0v) is 9.90. The lowest BCUT2D eigenvalue weighted by Gasteiger charge is -2.17. The number of aliphatic hydroxyl groups is 1. The summed E-state index contributed by atoms with van der Waals surface area (Å²) in [5, 5.41) is 16.8. The second-order valence-corrected chi connectivity index (χ2v) is 5.11. The van der Waals surface area contributed by atoms with E-state index in [0.717, 1.165) is 31.5 Å². The van der Waals surface area contributed by atoms with Gasteiger partial charge in [0.1, 0.15) is 0 Å². The van der Waals surface area contributed by atoms with E-state index in [1.54, 1.807) is 0 Å². The van der Waals surface area contributed by atoms with Crippen LogP contribution in [-0.2, 0) is 13.0 Å². The second kappa shape index (κ2) is 5.26. The van der Waals surface area contributed by atoms with Gasteiger partial charge in [0.2, 0.25) is 0 Å². The molecule has 0 aliphatic rings. The molecule has 1 rings (SSSR count). The first kappa shape index (κ1) is 12.2. The van der Waals surface area contributed by atoms with Gasteiger partial charge in [-0.1, -0.05) is 26.0 Å². The highest BCUT2D eigenvalue weighted by Crippen LogP contribution is 2.18. The normalized spacial score (nSPS) is 12.0. The minimum Gasteiger partial charge on any atom is -0.396 e. The smallest absolute Gasteiger partial charge is 0.0828 e. The molecule has 0 aliphatic heterocycles. The lowest BCUT2D eigenvalue weighted by atomic mass is 9.92. The Morgan fingerprint density at radius 3 is 2.73 bits per heavy atom. The molecule has 0 saturated heterocycles. The highest BCUT2D eigenvalue weighted by molar-refractivity contribution is 4.92. The van der Waals surface area contributed by atoms with Gasteiger partial charge in [-0.05, 0) is 24.7 Å². The predicted molar refractivity (Wildman–Crippen MR) is 59.5 cm³/mol. The summed E-state index contributed by atoms with van der Waals surface area (Å²) in [4.78, 5) is 0. The van der Waals surface area contributed by atoms with E-state index in [1.807, 2.05) is 10.9 Å². The highest BCUT2D eigenvalue weighted by Gasteiger charge is 2.10. The van der Waals surface area contributed by atoms with E-state index in [-0.39, 0.29) is 6.61 Å². The van der Waals surface area contributed by atoms with E-state index in [2.05, 4.69) is 31.1 Å². The highest BCUT2D eigenvalue weighted by atomic mass is 16.2. The maximum atomic E-state index is 8.69. The maximum Gasteiger partial charge on any atom is 0.0828 e. The number of hydrogen-bond acceptors (Lipinski definition) is 3. The minimum atomic E-state index is 0.217. The summed E-state index contributed by atoms with van der Waals surface area (Å²) in [7, 11) is 0. The van der Waals surface area contributed by atoms with Gasteiger partial charge < -0.3 is 5.11 Å². The van der Waals surface area contributed by atoms with Gasteiger partial charge in [-0.2, -0.15) is 0 Å². The molecule has 0 aromatic carbocycles. The van der Waals surface area contributed by atoms with Crippen LogP contribution in [0.5, 0.6) is 0 Å². The Morgan fingerprint density at radius 1 is 1.40 bits per heavy atom. The number of aromatic nitrogens is 3. The largest absolute Gasteiger partial charge is 0.396 e. The van der Waals surface area contributed by atoms with Gasteiger partial charge in [0, 0.05) is 19.3 Å². The lowest BCUT2D eigenvalue weighted by Crippen LogP contribution is -2.10. The van der Waals surface area contributed by atoms with Crippen molar-refractivity contribution in [3.05, 3.63) is 11.9 Å².